The maximum Gasteiger partial charge on any atom is 0.416 e. The summed E-state index contributed by atoms with van der Waals surface area (Å²) < 4.78 is 58.6. The predicted octanol–water partition coefficient (Wildman–Crippen LogP) is 3.84. The van der Waals surface area contributed by atoms with E-state index in [-0.39, 0.29) is 11.5 Å². The lowest BCUT2D eigenvalue weighted by Crippen LogP contribution is -2.32. The van der Waals surface area contributed by atoms with Crippen LogP contribution in [0.4, 0.5) is 17.6 Å². The van der Waals surface area contributed by atoms with Crippen molar-refractivity contribution in [2.45, 2.75) is 18.6 Å². The van der Waals surface area contributed by atoms with Gasteiger partial charge in [0.2, 0.25) is 0 Å². The topological polar surface area (TPSA) is 105 Å². The Hall–Kier alpha value is -3.76. The van der Waals surface area contributed by atoms with Gasteiger partial charge in [-0.2, -0.15) is 18.2 Å². The van der Waals surface area contributed by atoms with E-state index in [2.05, 4.69) is 15.5 Å². The van der Waals surface area contributed by atoms with Gasteiger partial charge >= 0.3 is 12.1 Å². The first-order chi connectivity index (χ1) is 14.2. The highest BCUT2D eigenvalue weighted by Gasteiger charge is 2.36. The number of alkyl halides is 3. The lowest BCUT2D eigenvalue weighted by molar-refractivity contribution is -0.140. The molecule has 0 unspecified atom stereocenters. The third-order valence-electron chi connectivity index (χ3n) is 4.06. The molecule has 1 aromatic heterocycles. The number of hydrogen-bond donors (Lipinski definition) is 2. The number of hydrogen-bond acceptors (Lipinski definition) is 5. The quantitative estimate of drug-likeness (QED) is 0.584. The lowest BCUT2D eigenvalue weighted by Gasteiger charge is -2.21. The van der Waals surface area contributed by atoms with Gasteiger partial charge < -0.3 is 14.9 Å². The molecule has 3 rings (SSSR count). The van der Waals surface area contributed by atoms with Gasteiger partial charge in [-0.25, -0.2) is 4.39 Å². The number of carbonyl (C=O) groups is 2. The number of carboxylic acids is 1. The molecule has 11 heteroatoms. The van der Waals surface area contributed by atoms with E-state index in [1.807, 2.05) is 0 Å². The number of aromatic nitrogens is 2. The van der Waals surface area contributed by atoms with Crippen molar-refractivity contribution in [1.29, 1.82) is 0 Å². The van der Waals surface area contributed by atoms with Crippen molar-refractivity contribution in [2.24, 2.45) is 0 Å². The second-order valence-corrected chi connectivity index (χ2v) is 6.11. The molecule has 2 aromatic carbocycles. The van der Waals surface area contributed by atoms with Crippen LogP contribution in [0, 0.1) is 5.82 Å². The van der Waals surface area contributed by atoms with Crippen LogP contribution in [-0.4, -0.2) is 27.1 Å². The Morgan fingerprint density at radius 3 is 2.43 bits per heavy atom. The van der Waals surface area contributed by atoms with Crippen molar-refractivity contribution in [1.82, 2.24) is 15.5 Å². The number of rotatable bonds is 6. The van der Waals surface area contributed by atoms with Crippen LogP contribution in [-0.2, 0) is 11.0 Å². The highest BCUT2D eigenvalue weighted by atomic mass is 19.4. The number of nitrogens with zero attached hydrogens (tertiary/aromatic N) is 2. The number of nitrogens with one attached hydrogen (secondary N) is 1. The molecule has 0 saturated carbocycles. The zero-order valence-corrected chi connectivity index (χ0v) is 15.0. The lowest BCUT2D eigenvalue weighted by atomic mass is 9.97. The first-order valence-electron chi connectivity index (χ1n) is 8.44. The summed E-state index contributed by atoms with van der Waals surface area (Å²) in [5.74, 6) is -4.10. The summed E-state index contributed by atoms with van der Waals surface area (Å²) in [6.45, 7) is 0. The molecule has 2 N–H and O–H groups in total. The van der Waals surface area contributed by atoms with Gasteiger partial charge in [0.15, 0.2) is 0 Å². The standard InChI is InChI=1S/C19H13F4N3O4/c20-13-8-4-2-6-11(13)18-25-16(26-30-18)17(29)24-14(9-15(27)28)10-5-1-3-7-12(10)19(21,22)23/h1-8,14H,9H2,(H,24,29)(H,27,28)/t14-/m0/s1. The molecule has 0 aliphatic rings. The maximum absolute atomic E-state index is 13.8. The van der Waals surface area contributed by atoms with Crippen LogP contribution in [0.1, 0.15) is 34.2 Å². The Balaban J connectivity index is 1.90. The van der Waals surface area contributed by atoms with E-state index in [0.29, 0.717) is 0 Å². The average molecular weight is 423 g/mol. The molecule has 0 bridgehead atoms. The minimum absolute atomic E-state index is 0.0754. The molecule has 30 heavy (non-hydrogen) atoms. The van der Waals surface area contributed by atoms with Gasteiger partial charge in [0.1, 0.15) is 5.82 Å². The Morgan fingerprint density at radius 2 is 1.77 bits per heavy atom. The molecule has 7 nitrogen and oxygen atoms in total. The number of carboxylic acid groups (broad SMARTS) is 1. The van der Waals surface area contributed by atoms with Gasteiger partial charge in [-0.1, -0.05) is 35.5 Å². The van der Waals surface area contributed by atoms with Crippen LogP contribution in [0.5, 0.6) is 0 Å². The summed E-state index contributed by atoms with van der Waals surface area (Å²) in [5.41, 5.74) is -1.59. The SMILES string of the molecule is O=C(O)C[C@H](NC(=O)c1noc(-c2ccccc2F)n1)c1ccccc1C(F)(F)F. The number of amides is 1. The average Bonchev–Trinajstić information content (AvgIpc) is 3.17. The van der Waals surface area contributed by atoms with E-state index >= 15 is 0 Å². The molecule has 1 amide bonds. The molecular formula is C19H13F4N3O4. The van der Waals surface area contributed by atoms with E-state index in [0.717, 1.165) is 24.3 Å². The van der Waals surface area contributed by atoms with E-state index in [1.165, 1.54) is 24.3 Å². The minimum atomic E-state index is -4.76. The van der Waals surface area contributed by atoms with Crippen LogP contribution < -0.4 is 5.32 Å². The highest BCUT2D eigenvalue weighted by molar-refractivity contribution is 5.91. The minimum Gasteiger partial charge on any atom is -0.481 e. The Morgan fingerprint density at radius 1 is 1.10 bits per heavy atom. The second kappa shape index (κ2) is 8.31. The molecular weight excluding hydrogens is 410 g/mol. The smallest absolute Gasteiger partial charge is 0.416 e. The molecule has 0 radical (unpaired) electrons. The normalized spacial score (nSPS) is 12.4. The van der Waals surface area contributed by atoms with E-state index in [1.54, 1.807) is 0 Å². The zero-order valence-electron chi connectivity index (χ0n) is 15.0. The predicted molar refractivity (Wildman–Crippen MR) is 93.6 cm³/mol. The molecule has 0 fully saturated rings. The van der Waals surface area contributed by atoms with Crippen molar-refractivity contribution in [2.75, 3.05) is 0 Å². The molecule has 0 saturated heterocycles. The van der Waals surface area contributed by atoms with Crippen molar-refractivity contribution in [3.63, 3.8) is 0 Å². The number of carbonyl (C=O) groups excluding carboxylic acids is 1. The first kappa shape index (κ1) is 21.0. The molecule has 0 aliphatic heterocycles. The second-order valence-electron chi connectivity index (χ2n) is 6.11. The van der Waals surface area contributed by atoms with Crippen molar-refractivity contribution in [3.05, 3.63) is 71.3 Å². The third kappa shape index (κ3) is 4.62. The number of halogens is 4. The summed E-state index contributed by atoms with van der Waals surface area (Å²) in [6, 6.07) is 8.15. The van der Waals surface area contributed by atoms with Crippen molar-refractivity contribution < 1.29 is 36.8 Å². The van der Waals surface area contributed by atoms with Crippen LogP contribution in [0.3, 0.4) is 0 Å². The summed E-state index contributed by atoms with van der Waals surface area (Å²) in [4.78, 5) is 27.3. The Kier molecular flexibility index (Phi) is 5.81. The third-order valence-corrected chi connectivity index (χ3v) is 4.06. The van der Waals surface area contributed by atoms with Crippen molar-refractivity contribution in [3.8, 4) is 11.5 Å². The molecule has 3 aromatic rings. The molecule has 156 valence electrons. The fourth-order valence-corrected chi connectivity index (χ4v) is 2.75. The molecule has 1 heterocycles. The molecule has 0 aliphatic carbocycles. The van der Waals surface area contributed by atoms with Gasteiger partial charge in [-0.3, -0.25) is 9.59 Å². The monoisotopic (exact) mass is 423 g/mol. The number of aliphatic carboxylic acids is 1. The van der Waals surface area contributed by atoms with Gasteiger partial charge in [0.25, 0.3) is 17.6 Å². The highest BCUT2D eigenvalue weighted by Crippen LogP contribution is 2.35. The van der Waals surface area contributed by atoms with Crippen LogP contribution in [0.25, 0.3) is 11.5 Å². The largest absolute Gasteiger partial charge is 0.481 e. The fourth-order valence-electron chi connectivity index (χ4n) is 2.75. The van der Waals surface area contributed by atoms with Crippen LogP contribution in [0.15, 0.2) is 53.1 Å². The Bertz CT molecular complexity index is 1080. The molecule has 1 atom stereocenters. The summed E-state index contributed by atoms with van der Waals surface area (Å²) in [6.07, 6.45) is -5.58. The summed E-state index contributed by atoms with van der Waals surface area (Å²) in [7, 11) is 0. The van der Waals surface area contributed by atoms with Gasteiger partial charge in [0.05, 0.1) is 23.6 Å². The maximum atomic E-state index is 13.8. The van der Waals surface area contributed by atoms with E-state index in [9.17, 15) is 27.2 Å². The fraction of sp³-hybridized carbons (Fsp3) is 0.158. The van der Waals surface area contributed by atoms with Crippen LogP contribution in [0.2, 0.25) is 0 Å². The van der Waals surface area contributed by atoms with Gasteiger partial charge in [-0.15, -0.1) is 0 Å². The van der Waals surface area contributed by atoms with Gasteiger partial charge in [-0.05, 0) is 23.8 Å². The summed E-state index contributed by atoms with van der Waals surface area (Å²) >= 11 is 0. The van der Waals surface area contributed by atoms with E-state index < -0.39 is 53.3 Å². The Labute approximate surface area is 166 Å². The van der Waals surface area contributed by atoms with Crippen molar-refractivity contribution >= 4 is 11.9 Å². The first-order valence-corrected chi connectivity index (χ1v) is 8.44. The zero-order chi connectivity index (χ0) is 21.9. The molecule has 0 spiro atoms. The number of benzene rings is 2. The summed E-state index contributed by atoms with van der Waals surface area (Å²) in [5, 5.41) is 14.7. The van der Waals surface area contributed by atoms with E-state index in [4.69, 9.17) is 9.63 Å². The van der Waals surface area contributed by atoms with Crippen LogP contribution >= 0.6 is 0 Å². The van der Waals surface area contributed by atoms with Gasteiger partial charge in [0, 0.05) is 0 Å².